The van der Waals surface area contributed by atoms with Crippen LogP contribution in [-0.4, -0.2) is 25.0 Å². The molecule has 1 unspecified atom stereocenters. The van der Waals surface area contributed by atoms with Gasteiger partial charge in [-0.2, -0.15) is 0 Å². The van der Waals surface area contributed by atoms with Gasteiger partial charge in [-0.15, -0.1) is 0 Å². The minimum Gasteiger partial charge on any atom is -0.497 e. The lowest BCUT2D eigenvalue weighted by Gasteiger charge is -2.33. The molecule has 33 heavy (non-hydrogen) atoms. The van der Waals surface area contributed by atoms with Crippen LogP contribution in [0.15, 0.2) is 71.3 Å². The Morgan fingerprint density at radius 3 is 2.55 bits per heavy atom. The van der Waals surface area contributed by atoms with Crippen molar-refractivity contribution in [2.45, 2.75) is 44.2 Å². The molecule has 7 heteroatoms. The van der Waals surface area contributed by atoms with Crippen LogP contribution < -0.4 is 15.0 Å². The van der Waals surface area contributed by atoms with Gasteiger partial charge < -0.3 is 14.5 Å². The van der Waals surface area contributed by atoms with E-state index < -0.39 is 17.8 Å². The molecule has 6 nitrogen and oxygen atoms in total. The molecule has 1 aliphatic carbocycles. The van der Waals surface area contributed by atoms with Crippen LogP contribution in [0.1, 0.15) is 54.3 Å². The number of carbonyl (C=O) groups is 2. The fourth-order valence-electron chi connectivity index (χ4n) is 4.29. The van der Waals surface area contributed by atoms with Crippen molar-refractivity contribution in [2.24, 2.45) is 0 Å². The number of carbonyl (C=O) groups excluding carboxylic acids is 2. The average Bonchev–Trinajstić information content (AvgIpc) is 3.38. The fraction of sp³-hybridized carbons (Fsp3) is 0.308. The van der Waals surface area contributed by atoms with Crippen LogP contribution in [0.2, 0.25) is 0 Å². The van der Waals surface area contributed by atoms with Crippen LogP contribution in [0.25, 0.3) is 0 Å². The Labute approximate surface area is 192 Å². The Balaban J connectivity index is 1.82. The molecule has 1 heterocycles. The normalized spacial score (nSPS) is 15.0. The molecular weight excluding hydrogens is 423 g/mol. The highest BCUT2D eigenvalue weighted by molar-refractivity contribution is 6.08. The Hall–Kier alpha value is -3.61. The fourth-order valence-corrected chi connectivity index (χ4v) is 4.29. The van der Waals surface area contributed by atoms with Crippen molar-refractivity contribution in [3.8, 4) is 5.75 Å². The summed E-state index contributed by atoms with van der Waals surface area (Å²) >= 11 is 0. The molecule has 1 N–H and O–H groups in total. The van der Waals surface area contributed by atoms with Gasteiger partial charge in [0.25, 0.3) is 5.91 Å². The van der Waals surface area contributed by atoms with Gasteiger partial charge in [0.2, 0.25) is 5.91 Å². The summed E-state index contributed by atoms with van der Waals surface area (Å²) in [5, 5.41) is 3.10. The van der Waals surface area contributed by atoms with E-state index in [1.54, 1.807) is 36.4 Å². The van der Waals surface area contributed by atoms with Crippen molar-refractivity contribution < 1.29 is 23.1 Å². The molecule has 0 aliphatic heterocycles. The van der Waals surface area contributed by atoms with Gasteiger partial charge in [-0.1, -0.05) is 43.5 Å². The van der Waals surface area contributed by atoms with E-state index in [-0.39, 0.29) is 23.4 Å². The molecule has 3 aromatic rings. The van der Waals surface area contributed by atoms with Gasteiger partial charge in [0, 0.05) is 6.04 Å². The van der Waals surface area contributed by atoms with E-state index in [4.69, 9.17) is 9.15 Å². The number of nitrogens with one attached hydrogen (secondary N) is 1. The molecule has 172 valence electrons. The van der Waals surface area contributed by atoms with E-state index in [9.17, 15) is 9.59 Å². The number of anilines is 1. The number of rotatable bonds is 7. The standard InChI is InChI=1S/C26H27FN2O4/c1-32-20-12-7-9-18(17-20)24(25(30)28-19-10-3-2-4-11-19)29(22-14-6-5-13-21(22)27)26(31)23-15-8-16-33-23/h5-9,12-17,19,24H,2-4,10-11H2,1H3,(H,28,30). The van der Waals surface area contributed by atoms with Crippen LogP contribution in [0.4, 0.5) is 10.1 Å². The highest BCUT2D eigenvalue weighted by Crippen LogP contribution is 2.33. The van der Waals surface area contributed by atoms with E-state index in [1.165, 1.54) is 42.5 Å². The monoisotopic (exact) mass is 450 g/mol. The summed E-state index contributed by atoms with van der Waals surface area (Å²) in [5.74, 6) is -1.07. The van der Waals surface area contributed by atoms with E-state index >= 15 is 4.39 Å². The van der Waals surface area contributed by atoms with Gasteiger partial charge in [-0.25, -0.2) is 4.39 Å². The minimum absolute atomic E-state index is 0.00878. The number of halogens is 1. The number of hydrogen-bond acceptors (Lipinski definition) is 4. The second-order valence-corrected chi connectivity index (χ2v) is 8.13. The van der Waals surface area contributed by atoms with Crippen molar-refractivity contribution in [1.82, 2.24) is 5.32 Å². The first-order chi connectivity index (χ1) is 16.1. The largest absolute Gasteiger partial charge is 0.497 e. The summed E-state index contributed by atoms with van der Waals surface area (Å²) in [5.41, 5.74) is 0.497. The summed E-state index contributed by atoms with van der Waals surface area (Å²) in [6, 6.07) is 14.8. The minimum atomic E-state index is -1.13. The molecule has 1 aromatic heterocycles. The lowest BCUT2D eigenvalue weighted by atomic mass is 9.94. The topological polar surface area (TPSA) is 71.8 Å². The molecule has 0 saturated heterocycles. The van der Waals surface area contributed by atoms with Gasteiger partial charge in [0.15, 0.2) is 5.76 Å². The van der Waals surface area contributed by atoms with Crippen LogP contribution in [0.5, 0.6) is 5.75 Å². The quantitative estimate of drug-likeness (QED) is 0.533. The number of nitrogens with zero attached hydrogens (tertiary/aromatic N) is 1. The van der Waals surface area contributed by atoms with Crippen LogP contribution in [-0.2, 0) is 4.79 Å². The van der Waals surface area contributed by atoms with Crippen molar-refractivity contribution >= 4 is 17.5 Å². The van der Waals surface area contributed by atoms with Crippen LogP contribution >= 0.6 is 0 Å². The van der Waals surface area contributed by atoms with Gasteiger partial charge in [0.1, 0.15) is 17.6 Å². The molecule has 1 saturated carbocycles. The summed E-state index contributed by atoms with van der Waals surface area (Å²) < 4.78 is 25.7. The first-order valence-corrected chi connectivity index (χ1v) is 11.1. The number of benzene rings is 2. The molecule has 0 bridgehead atoms. The number of amides is 2. The first kappa shape index (κ1) is 22.6. The predicted octanol–water partition coefficient (Wildman–Crippen LogP) is 5.26. The Bertz CT molecular complexity index is 1090. The maximum atomic E-state index is 15.0. The Kier molecular flexibility index (Phi) is 7.07. The molecule has 1 aliphatic rings. The summed E-state index contributed by atoms with van der Waals surface area (Å²) in [6.07, 6.45) is 6.35. The Morgan fingerprint density at radius 2 is 1.85 bits per heavy atom. The smallest absolute Gasteiger partial charge is 0.295 e. The maximum absolute atomic E-state index is 15.0. The number of furan rings is 1. The molecule has 4 rings (SSSR count). The van der Waals surface area contributed by atoms with Crippen LogP contribution in [0, 0.1) is 5.82 Å². The molecule has 1 fully saturated rings. The van der Waals surface area contributed by atoms with E-state index in [1.807, 2.05) is 0 Å². The zero-order valence-electron chi connectivity index (χ0n) is 18.5. The van der Waals surface area contributed by atoms with E-state index in [0.717, 1.165) is 32.1 Å². The first-order valence-electron chi connectivity index (χ1n) is 11.1. The average molecular weight is 451 g/mol. The molecule has 2 aromatic carbocycles. The highest BCUT2D eigenvalue weighted by Gasteiger charge is 2.37. The zero-order valence-corrected chi connectivity index (χ0v) is 18.5. The third kappa shape index (κ3) is 5.08. The number of hydrogen-bond donors (Lipinski definition) is 1. The van der Waals surface area contributed by atoms with Gasteiger partial charge in [-0.3, -0.25) is 14.5 Å². The molecule has 0 spiro atoms. The number of ether oxygens (including phenoxy) is 1. The molecule has 2 amide bonds. The van der Waals surface area contributed by atoms with Crippen molar-refractivity contribution in [3.05, 3.63) is 84.1 Å². The summed E-state index contributed by atoms with van der Waals surface area (Å²) in [4.78, 5) is 28.5. The highest BCUT2D eigenvalue weighted by atomic mass is 19.1. The van der Waals surface area contributed by atoms with Crippen LogP contribution in [0.3, 0.4) is 0 Å². The van der Waals surface area contributed by atoms with Crippen molar-refractivity contribution in [3.63, 3.8) is 0 Å². The van der Waals surface area contributed by atoms with Gasteiger partial charge in [0.05, 0.1) is 19.1 Å². The summed E-state index contributed by atoms with van der Waals surface area (Å²) in [7, 11) is 1.53. The lowest BCUT2D eigenvalue weighted by Crippen LogP contribution is -2.47. The number of methoxy groups -OCH3 is 1. The third-order valence-electron chi connectivity index (χ3n) is 5.93. The number of para-hydroxylation sites is 1. The second-order valence-electron chi connectivity index (χ2n) is 8.13. The van der Waals surface area contributed by atoms with Crippen molar-refractivity contribution in [1.29, 1.82) is 0 Å². The lowest BCUT2D eigenvalue weighted by molar-refractivity contribution is -0.123. The van der Waals surface area contributed by atoms with Gasteiger partial charge in [-0.05, 0) is 54.8 Å². The Morgan fingerprint density at radius 1 is 1.06 bits per heavy atom. The zero-order chi connectivity index (χ0) is 23.2. The van der Waals surface area contributed by atoms with E-state index in [2.05, 4.69) is 5.32 Å². The molecule has 0 radical (unpaired) electrons. The maximum Gasteiger partial charge on any atom is 0.295 e. The summed E-state index contributed by atoms with van der Waals surface area (Å²) in [6.45, 7) is 0. The third-order valence-corrected chi connectivity index (χ3v) is 5.93. The van der Waals surface area contributed by atoms with Gasteiger partial charge >= 0.3 is 0 Å². The second kappa shape index (κ2) is 10.3. The molecular formula is C26H27FN2O4. The SMILES string of the molecule is COc1cccc(C(C(=O)NC2CCCCC2)N(C(=O)c2ccco2)c2ccccc2F)c1. The predicted molar refractivity (Wildman–Crippen MR) is 123 cm³/mol. The molecule has 1 atom stereocenters. The van der Waals surface area contributed by atoms with Crippen molar-refractivity contribution in [2.75, 3.05) is 12.0 Å². The van der Waals surface area contributed by atoms with E-state index in [0.29, 0.717) is 11.3 Å².